The van der Waals surface area contributed by atoms with Crippen LogP contribution in [0.4, 0.5) is 0 Å². The molecule has 0 aliphatic heterocycles. The Morgan fingerprint density at radius 3 is 2.24 bits per heavy atom. The van der Waals surface area contributed by atoms with E-state index in [1.807, 2.05) is 72.8 Å². The fourth-order valence-electron chi connectivity index (χ4n) is 5.50. The second kappa shape index (κ2) is 15.1. The van der Waals surface area contributed by atoms with Crippen LogP contribution in [-0.4, -0.2) is 50.1 Å². The third-order valence-electron chi connectivity index (χ3n) is 7.79. The topological polar surface area (TPSA) is 77.1 Å². The first kappa shape index (κ1) is 30.0. The van der Waals surface area contributed by atoms with E-state index in [2.05, 4.69) is 5.32 Å². The molecule has 0 bridgehead atoms. The van der Waals surface area contributed by atoms with E-state index in [1.165, 1.54) is 6.42 Å². The monoisotopic (exact) mass is 558 g/mol. The van der Waals surface area contributed by atoms with Crippen LogP contribution >= 0.6 is 0 Å². The maximum absolute atomic E-state index is 14.0. The van der Waals surface area contributed by atoms with Crippen molar-refractivity contribution in [2.24, 2.45) is 0 Å². The Labute approximate surface area is 243 Å². The number of methoxy groups -OCH3 is 3. The lowest BCUT2D eigenvalue weighted by Crippen LogP contribution is -2.52. The van der Waals surface area contributed by atoms with Gasteiger partial charge in [0.25, 0.3) is 0 Å². The molecule has 1 N–H and O–H groups in total. The first-order valence-electron chi connectivity index (χ1n) is 14.5. The van der Waals surface area contributed by atoms with Crippen LogP contribution in [-0.2, 0) is 29.0 Å². The summed E-state index contributed by atoms with van der Waals surface area (Å²) in [6.45, 7) is 0.303. The number of carbonyl (C=O) groups excluding carboxylic acids is 2. The molecule has 1 fully saturated rings. The highest BCUT2D eigenvalue weighted by atomic mass is 16.5. The van der Waals surface area contributed by atoms with Gasteiger partial charge < -0.3 is 24.4 Å². The Hall–Kier alpha value is -4.00. The Balaban J connectivity index is 1.62. The van der Waals surface area contributed by atoms with Crippen molar-refractivity contribution >= 4 is 11.8 Å². The van der Waals surface area contributed by atoms with Crippen LogP contribution < -0.4 is 19.5 Å². The van der Waals surface area contributed by atoms with Gasteiger partial charge in [0, 0.05) is 25.4 Å². The fourth-order valence-corrected chi connectivity index (χ4v) is 5.50. The Morgan fingerprint density at radius 2 is 1.54 bits per heavy atom. The highest BCUT2D eigenvalue weighted by Crippen LogP contribution is 2.28. The molecule has 0 aromatic heterocycles. The summed E-state index contributed by atoms with van der Waals surface area (Å²) in [7, 11) is 4.82. The molecule has 4 rings (SSSR count). The van der Waals surface area contributed by atoms with Crippen LogP contribution in [0.2, 0.25) is 0 Å². The fraction of sp³-hybridized carbons (Fsp3) is 0.412. The van der Waals surface area contributed by atoms with Crippen molar-refractivity contribution in [1.29, 1.82) is 0 Å². The molecule has 1 aliphatic rings. The van der Waals surface area contributed by atoms with Gasteiger partial charge in [0.05, 0.1) is 21.3 Å². The third kappa shape index (κ3) is 8.49. The maximum Gasteiger partial charge on any atom is 0.243 e. The molecule has 7 heteroatoms. The third-order valence-corrected chi connectivity index (χ3v) is 7.79. The number of ether oxygens (including phenoxy) is 3. The van der Waals surface area contributed by atoms with Crippen LogP contribution in [0.1, 0.15) is 55.2 Å². The second-order valence-corrected chi connectivity index (χ2v) is 10.6. The van der Waals surface area contributed by atoms with E-state index in [4.69, 9.17) is 14.2 Å². The Morgan fingerprint density at radius 1 is 0.805 bits per heavy atom. The number of hydrogen-bond donors (Lipinski definition) is 1. The first-order chi connectivity index (χ1) is 20.0. The maximum atomic E-state index is 14.0. The first-order valence-corrected chi connectivity index (χ1v) is 14.5. The number of carbonyl (C=O) groups is 2. The summed E-state index contributed by atoms with van der Waals surface area (Å²) >= 11 is 0. The molecule has 41 heavy (non-hydrogen) atoms. The molecule has 1 saturated carbocycles. The van der Waals surface area contributed by atoms with E-state index in [-0.39, 0.29) is 24.3 Å². The summed E-state index contributed by atoms with van der Waals surface area (Å²) in [5, 5.41) is 3.30. The average molecular weight is 559 g/mol. The summed E-state index contributed by atoms with van der Waals surface area (Å²) in [6.07, 6.45) is 6.59. The van der Waals surface area contributed by atoms with Gasteiger partial charge in [-0.2, -0.15) is 0 Å². The summed E-state index contributed by atoms with van der Waals surface area (Å²) in [5.41, 5.74) is 2.88. The van der Waals surface area contributed by atoms with Crippen LogP contribution in [0, 0.1) is 0 Å². The van der Waals surface area contributed by atoms with Gasteiger partial charge in [0.2, 0.25) is 11.8 Å². The van der Waals surface area contributed by atoms with E-state index in [0.717, 1.165) is 42.4 Å². The number of rotatable bonds is 13. The highest BCUT2D eigenvalue weighted by Gasteiger charge is 2.32. The van der Waals surface area contributed by atoms with E-state index >= 15 is 0 Å². The van der Waals surface area contributed by atoms with Crippen molar-refractivity contribution in [3.63, 3.8) is 0 Å². The minimum atomic E-state index is -0.650. The van der Waals surface area contributed by atoms with E-state index in [1.54, 1.807) is 26.2 Å². The molecular formula is C34H42N2O5. The van der Waals surface area contributed by atoms with Gasteiger partial charge in [0.1, 0.15) is 11.8 Å². The zero-order chi connectivity index (χ0) is 29.0. The van der Waals surface area contributed by atoms with Gasteiger partial charge in [-0.05, 0) is 60.2 Å². The molecule has 1 unspecified atom stereocenters. The van der Waals surface area contributed by atoms with Crippen LogP contribution in [0.3, 0.4) is 0 Å². The highest BCUT2D eigenvalue weighted by molar-refractivity contribution is 5.88. The predicted molar refractivity (Wildman–Crippen MR) is 160 cm³/mol. The van der Waals surface area contributed by atoms with Crippen LogP contribution in [0.15, 0.2) is 72.8 Å². The van der Waals surface area contributed by atoms with Gasteiger partial charge in [-0.3, -0.25) is 9.59 Å². The van der Waals surface area contributed by atoms with Crippen LogP contribution in [0.25, 0.3) is 0 Å². The van der Waals surface area contributed by atoms with Crippen molar-refractivity contribution in [3.8, 4) is 17.2 Å². The van der Waals surface area contributed by atoms with Crippen molar-refractivity contribution in [3.05, 3.63) is 89.5 Å². The Bertz CT molecular complexity index is 1270. The summed E-state index contributed by atoms with van der Waals surface area (Å²) in [6, 6.07) is 22.8. The standard InChI is InChI=1S/C34H42N2O5/c1-39-29-16-10-13-27(21-29)24-36(33(37)20-18-26-17-19-31(40-2)32(23-26)41-3)30(22-25-11-6-4-7-12-25)34(38)35-28-14-8-5-9-15-28/h4,6-7,10-13,16-17,19,21,23,28,30H,5,8-9,14-15,18,20,22,24H2,1-3H3,(H,35,38). The second-order valence-electron chi connectivity index (χ2n) is 10.6. The molecule has 1 aliphatic carbocycles. The summed E-state index contributed by atoms with van der Waals surface area (Å²) in [5.74, 6) is 1.81. The normalized spacial score (nSPS) is 14.1. The molecule has 0 saturated heterocycles. The van der Waals surface area contributed by atoms with E-state index in [0.29, 0.717) is 36.6 Å². The molecular weight excluding hydrogens is 516 g/mol. The average Bonchev–Trinajstić information content (AvgIpc) is 3.02. The summed E-state index contributed by atoms with van der Waals surface area (Å²) < 4.78 is 16.3. The van der Waals surface area contributed by atoms with Gasteiger partial charge in [-0.15, -0.1) is 0 Å². The molecule has 1 atom stereocenters. The largest absolute Gasteiger partial charge is 0.497 e. The molecule has 7 nitrogen and oxygen atoms in total. The lowest BCUT2D eigenvalue weighted by atomic mass is 9.94. The predicted octanol–water partition coefficient (Wildman–Crippen LogP) is 5.73. The van der Waals surface area contributed by atoms with Gasteiger partial charge in [-0.1, -0.05) is 67.8 Å². The minimum absolute atomic E-state index is 0.0812. The number of hydrogen-bond acceptors (Lipinski definition) is 5. The Kier molecular flexibility index (Phi) is 11.1. The lowest BCUT2D eigenvalue weighted by Gasteiger charge is -2.33. The molecule has 0 spiro atoms. The van der Waals surface area contributed by atoms with Gasteiger partial charge in [-0.25, -0.2) is 0 Å². The lowest BCUT2D eigenvalue weighted by molar-refractivity contribution is -0.141. The minimum Gasteiger partial charge on any atom is -0.497 e. The summed E-state index contributed by atoms with van der Waals surface area (Å²) in [4.78, 5) is 29.7. The number of nitrogens with zero attached hydrogens (tertiary/aromatic N) is 1. The van der Waals surface area contributed by atoms with Crippen molar-refractivity contribution in [2.45, 2.75) is 70.0 Å². The SMILES string of the molecule is COc1cccc(CN(C(=O)CCc2ccc(OC)c(OC)c2)C(Cc2ccccc2)C(=O)NC2CCCCC2)c1. The van der Waals surface area contributed by atoms with Crippen LogP contribution in [0.5, 0.6) is 17.2 Å². The van der Waals surface area contributed by atoms with Gasteiger partial charge >= 0.3 is 0 Å². The smallest absolute Gasteiger partial charge is 0.243 e. The van der Waals surface area contributed by atoms with Crippen molar-refractivity contribution in [1.82, 2.24) is 10.2 Å². The number of nitrogens with one attached hydrogen (secondary N) is 1. The van der Waals surface area contributed by atoms with E-state index in [9.17, 15) is 9.59 Å². The number of amides is 2. The molecule has 3 aromatic rings. The van der Waals surface area contributed by atoms with E-state index < -0.39 is 6.04 Å². The van der Waals surface area contributed by atoms with Crippen molar-refractivity contribution < 1.29 is 23.8 Å². The molecule has 3 aromatic carbocycles. The quantitative estimate of drug-likeness (QED) is 0.290. The number of aryl methyl sites for hydroxylation is 1. The molecule has 0 radical (unpaired) electrons. The number of benzene rings is 3. The van der Waals surface area contributed by atoms with Gasteiger partial charge in [0.15, 0.2) is 11.5 Å². The molecule has 2 amide bonds. The molecule has 218 valence electrons. The zero-order valence-corrected chi connectivity index (χ0v) is 24.4. The zero-order valence-electron chi connectivity index (χ0n) is 24.4. The van der Waals surface area contributed by atoms with Crippen molar-refractivity contribution in [2.75, 3.05) is 21.3 Å². The molecule has 0 heterocycles.